The molecule has 117 valence electrons. The summed E-state index contributed by atoms with van der Waals surface area (Å²) in [5.41, 5.74) is 1.03. The van der Waals surface area contributed by atoms with E-state index in [0.717, 1.165) is 57.5 Å². The van der Waals surface area contributed by atoms with Crippen LogP contribution in [0.5, 0.6) is 5.75 Å². The van der Waals surface area contributed by atoms with E-state index in [9.17, 15) is 13.2 Å². The molecule has 0 aliphatic carbocycles. The van der Waals surface area contributed by atoms with Crippen LogP contribution in [0, 0.1) is 0 Å². The summed E-state index contributed by atoms with van der Waals surface area (Å²) in [7, 11) is 0. The Morgan fingerprint density at radius 3 is 2.57 bits per heavy atom. The molecule has 0 saturated carbocycles. The van der Waals surface area contributed by atoms with E-state index < -0.39 is 6.36 Å². The Morgan fingerprint density at radius 2 is 1.86 bits per heavy atom. The minimum absolute atomic E-state index is 0.166. The normalized spacial score (nSPS) is 17.5. The lowest BCUT2D eigenvalue weighted by atomic mass is 10.1. The van der Waals surface area contributed by atoms with Crippen molar-refractivity contribution in [1.29, 1.82) is 0 Å². The molecule has 2 rings (SSSR count). The average Bonchev–Trinajstić information content (AvgIpc) is 2.68. The van der Waals surface area contributed by atoms with Gasteiger partial charge in [-0.1, -0.05) is 12.1 Å². The lowest BCUT2D eigenvalue weighted by Crippen LogP contribution is -2.28. The molecule has 1 fully saturated rings. The number of nitrogens with zero attached hydrogens (tertiary/aromatic N) is 2. The molecule has 0 amide bonds. The van der Waals surface area contributed by atoms with Gasteiger partial charge < -0.3 is 9.64 Å². The number of halogens is 3. The van der Waals surface area contributed by atoms with E-state index in [1.54, 1.807) is 12.1 Å². The van der Waals surface area contributed by atoms with Gasteiger partial charge in [0.15, 0.2) is 0 Å². The number of alkyl halides is 3. The maximum atomic E-state index is 12.0. The third-order valence-electron chi connectivity index (χ3n) is 3.46. The molecule has 1 aromatic rings. The lowest BCUT2D eigenvalue weighted by molar-refractivity contribution is -0.274. The van der Waals surface area contributed by atoms with Gasteiger partial charge in [0.05, 0.1) is 0 Å². The third-order valence-corrected chi connectivity index (χ3v) is 3.46. The highest BCUT2D eigenvalue weighted by Gasteiger charge is 2.30. The fraction of sp³-hybridized carbons (Fsp3) is 0.600. The van der Waals surface area contributed by atoms with Crippen LogP contribution in [0.15, 0.2) is 24.3 Å². The minimum atomic E-state index is -4.63. The van der Waals surface area contributed by atoms with E-state index in [1.807, 2.05) is 0 Å². The molecule has 1 saturated heterocycles. The number of hydrogen-bond acceptors (Lipinski definition) is 2. The summed E-state index contributed by atoms with van der Waals surface area (Å²) in [5.74, 6) is -0.166. The predicted molar refractivity (Wildman–Crippen MR) is 74.4 cm³/mol. The van der Waals surface area contributed by atoms with Crippen molar-refractivity contribution in [2.45, 2.75) is 25.6 Å². The van der Waals surface area contributed by atoms with E-state index in [-0.39, 0.29) is 5.75 Å². The summed E-state index contributed by atoms with van der Waals surface area (Å²) in [6, 6.07) is 6.12. The summed E-state index contributed by atoms with van der Waals surface area (Å²) < 4.78 is 40.0. The van der Waals surface area contributed by atoms with Crippen LogP contribution < -0.4 is 10.1 Å². The van der Waals surface area contributed by atoms with Gasteiger partial charge in [-0.25, -0.2) is 5.32 Å². The smallest absolute Gasteiger partial charge is 0.406 e. The van der Waals surface area contributed by atoms with Crippen molar-refractivity contribution < 1.29 is 17.9 Å². The summed E-state index contributed by atoms with van der Waals surface area (Å²) in [4.78, 5) is 2.40. The first-order chi connectivity index (χ1) is 10.0. The van der Waals surface area contributed by atoms with Gasteiger partial charge in [-0.15, -0.1) is 13.2 Å². The maximum absolute atomic E-state index is 12.0. The van der Waals surface area contributed by atoms with Crippen molar-refractivity contribution in [1.82, 2.24) is 10.2 Å². The second-order valence-corrected chi connectivity index (χ2v) is 5.16. The largest absolute Gasteiger partial charge is 0.573 e. The van der Waals surface area contributed by atoms with Gasteiger partial charge in [0.1, 0.15) is 5.75 Å². The Balaban J connectivity index is 1.73. The highest BCUT2D eigenvalue weighted by Crippen LogP contribution is 2.23. The van der Waals surface area contributed by atoms with Crippen molar-refractivity contribution in [3.8, 4) is 5.75 Å². The number of rotatable bonds is 5. The molecule has 0 unspecified atom stereocenters. The standard InChI is InChI=1S/C15H20F3N2O/c16-15(17,18)21-14-6-4-13(5-7-14)3-1-10-20-11-2-8-19-9-12-20/h4-7H,1-3,8-12H2. The maximum Gasteiger partial charge on any atom is 0.573 e. The van der Waals surface area contributed by atoms with Crippen molar-refractivity contribution in [3.63, 3.8) is 0 Å². The molecule has 3 nitrogen and oxygen atoms in total. The van der Waals surface area contributed by atoms with E-state index >= 15 is 0 Å². The minimum Gasteiger partial charge on any atom is -0.406 e. The van der Waals surface area contributed by atoms with Crippen LogP contribution in [-0.2, 0) is 6.42 Å². The Kier molecular flexibility index (Phi) is 5.87. The first-order valence-corrected chi connectivity index (χ1v) is 7.23. The van der Waals surface area contributed by atoms with Crippen LogP contribution in [0.1, 0.15) is 18.4 Å². The highest BCUT2D eigenvalue weighted by molar-refractivity contribution is 5.27. The third kappa shape index (κ3) is 6.35. The van der Waals surface area contributed by atoms with Crippen LogP contribution in [-0.4, -0.2) is 44.0 Å². The Labute approximate surface area is 123 Å². The molecule has 0 atom stereocenters. The van der Waals surface area contributed by atoms with Crippen LogP contribution in [0.25, 0.3) is 0 Å². The SMILES string of the molecule is FC(F)(F)Oc1ccc(CCCN2CCC[N]CC2)cc1. The van der Waals surface area contributed by atoms with Gasteiger partial charge in [0.2, 0.25) is 0 Å². The monoisotopic (exact) mass is 301 g/mol. The predicted octanol–water partition coefficient (Wildman–Crippen LogP) is 2.83. The van der Waals surface area contributed by atoms with Gasteiger partial charge in [-0.05, 0) is 50.0 Å². The molecule has 21 heavy (non-hydrogen) atoms. The summed E-state index contributed by atoms with van der Waals surface area (Å²) in [6.07, 6.45) is -1.65. The molecule has 1 radical (unpaired) electrons. The molecule has 1 aliphatic heterocycles. The van der Waals surface area contributed by atoms with Crippen LogP contribution in [0.4, 0.5) is 13.2 Å². The topological polar surface area (TPSA) is 26.6 Å². The summed E-state index contributed by atoms with van der Waals surface area (Å²) in [6.45, 7) is 4.97. The first-order valence-electron chi connectivity index (χ1n) is 7.23. The van der Waals surface area contributed by atoms with Gasteiger partial charge >= 0.3 is 6.36 Å². The van der Waals surface area contributed by atoms with Gasteiger partial charge in [-0.3, -0.25) is 0 Å². The molecule has 0 aromatic heterocycles. The molecule has 1 aromatic carbocycles. The Bertz CT molecular complexity index is 412. The Morgan fingerprint density at radius 1 is 1.10 bits per heavy atom. The van der Waals surface area contributed by atoms with Crippen molar-refractivity contribution in [2.75, 3.05) is 32.7 Å². The molecule has 0 bridgehead atoms. The average molecular weight is 301 g/mol. The molecular weight excluding hydrogens is 281 g/mol. The van der Waals surface area contributed by atoms with E-state index in [0.29, 0.717) is 0 Å². The van der Waals surface area contributed by atoms with Gasteiger partial charge in [0, 0.05) is 19.6 Å². The lowest BCUT2D eigenvalue weighted by Gasteiger charge is -2.18. The first kappa shape index (κ1) is 16.1. The molecule has 0 N–H and O–H groups in total. The Hall–Kier alpha value is -1.27. The zero-order valence-electron chi connectivity index (χ0n) is 11.9. The fourth-order valence-corrected chi connectivity index (χ4v) is 2.43. The summed E-state index contributed by atoms with van der Waals surface area (Å²) >= 11 is 0. The molecule has 1 heterocycles. The van der Waals surface area contributed by atoms with E-state index in [2.05, 4.69) is 15.0 Å². The molecule has 6 heteroatoms. The van der Waals surface area contributed by atoms with Crippen molar-refractivity contribution in [2.24, 2.45) is 0 Å². The number of ether oxygens (including phenoxy) is 1. The van der Waals surface area contributed by atoms with Gasteiger partial charge in [-0.2, -0.15) is 0 Å². The molecule has 1 aliphatic rings. The van der Waals surface area contributed by atoms with E-state index in [1.165, 1.54) is 12.1 Å². The second kappa shape index (κ2) is 7.66. The van der Waals surface area contributed by atoms with E-state index in [4.69, 9.17) is 0 Å². The van der Waals surface area contributed by atoms with Gasteiger partial charge in [0.25, 0.3) is 0 Å². The zero-order chi connectivity index (χ0) is 15.1. The van der Waals surface area contributed by atoms with Crippen LogP contribution in [0.3, 0.4) is 0 Å². The van der Waals surface area contributed by atoms with Crippen LogP contribution in [0.2, 0.25) is 0 Å². The molecular formula is C15H20F3N2O. The zero-order valence-corrected chi connectivity index (χ0v) is 11.9. The highest BCUT2D eigenvalue weighted by atomic mass is 19.4. The molecule has 0 spiro atoms. The van der Waals surface area contributed by atoms with Crippen molar-refractivity contribution >= 4 is 0 Å². The number of benzene rings is 1. The quantitative estimate of drug-likeness (QED) is 0.836. The second-order valence-electron chi connectivity index (χ2n) is 5.16. The number of aryl methyl sites for hydroxylation is 1. The van der Waals surface area contributed by atoms with Crippen LogP contribution >= 0.6 is 0 Å². The summed E-state index contributed by atoms with van der Waals surface area (Å²) in [5, 5.41) is 4.38. The van der Waals surface area contributed by atoms with Crippen molar-refractivity contribution in [3.05, 3.63) is 29.8 Å². The number of hydrogen-bond donors (Lipinski definition) is 0. The fourth-order valence-electron chi connectivity index (χ4n) is 2.43.